The zero-order valence-electron chi connectivity index (χ0n) is 48.7. The molecule has 2 saturated heterocycles. The Hall–Kier alpha value is -6.30. The maximum absolute atomic E-state index is 14.8. The van der Waals surface area contributed by atoms with Crippen molar-refractivity contribution in [3.63, 3.8) is 0 Å². The van der Waals surface area contributed by atoms with Crippen molar-refractivity contribution in [3.8, 4) is 0 Å². The van der Waals surface area contributed by atoms with E-state index >= 15 is 0 Å². The van der Waals surface area contributed by atoms with Crippen molar-refractivity contribution in [2.24, 2.45) is 10.8 Å². The van der Waals surface area contributed by atoms with Crippen molar-refractivity contribution in [3.05, 3.63) is 107 Å². The standard InChI is InChI=1S/C60H82N10O10S2/c1-35(61-9)53(71)65-51(59(3,4)5)57(75)69-33-41(31-49(69)55(73)63-47-23-15-19-38-17-11-13-21-45(38)47)67-81(77,78)43-27-25-37-26-28-44(30-40(37)29-43)82(79,80)68-42-32-50(56(74)64-48-24-16-20-39-18-12-14-22-46(39)48)70(34-42)58(76)52(60(6,7)8)66-54(72)36(2)62-10/h11-14,17-18,21-22,25-30,35-36,41-42,47-52,61-62,67-68H,15-16,19-20,23-24,31-34H2,1-10H3,(H,63,73)(H,64,74)(H,65,71)(H,66,72)/t35-,36-,41-,42-,47+,48?,49-,50-,51+,52+/m0/s1. The Balaban J connectivity index is 1.03. The van der Waals surface area contributed by atoms with Crippen molar-refractivity contribution in [2.45, 2.75) is 177 Å². The van der Waals surface area contributed by atoms with Gasteiger partial charge in [-0.1, -0.05) is 102 Å². The third-order valence-electron chi connectivity index (χ3n) is 16.6. The van der Waals surface area contributed by atoms with Gasteiger partial charge in [-0.3, -0.25) is 28.8 Å². The maximum Gasteiger partial charge on any atom is 0.246 e. The Morgan fingerprint density at radius 1 is 0.537 bits per heavy atom. The molecule has 0 spiro atoms. The van der Waals surface area contributed by atoms with Gasteiger partial charge >= 0.3 is 0 Å². The molecule has 8 N–H and O–H groups in total. The minimum absolute atomic E-state index is 0.0766. The van der Waals surface area contributed by atoms with Crippen LogP contribution in [0.15, 0.2) is 94.7 Å². The molecule has 4 aliphatic rings. The van der Waals surface area contributed by atoms with Crippen LogP contribution in [0.5, 0.6) is 0 Å². The van der Waals surface area contributed by atoms with E-state index in [2.05, 4.69) is 41.3 Å². The quantitative estimate of drug-likeness (QED) is 0.0703. The molecular formula is C60H82N10O10S2. The normalized spacial score (nSPS) is 22.7. The number of hydrogen-bond donors (Lipinski definition) is 8. The van der Waals surface area contributed by atoms with Gasteiger partial charge in [0.1, 0.15) is 24.2 Å². The first-order valence-electron chi connectivity index (χ1n) is 28.5. The highest BCUT2D eigenvalue weighted by molar-refractivity contribution is 7.89. The van der Waals surface area contributed by atoms with Crippen LogP contribution in [0.2, 0.25) is 0 Å². The number of benzene rings is 4. The Kier molecular flexibility index (Phi) is 18.7. The highest BCUT2D eigenvalue weighted by Crippen LogP contribution is 2.35. The van der Waals surface area contributed by atoms with E-state index in [0.717, 1.165) is 47.9 Å². The molecule has 1 unspecified atom stereocenters. The highest BCUT2D eigenvalue weighted by Gasteiger charge is 2.48. The van der Waals surface area contributed by atoms with Crippen LogP contribution in [-0.2, 0) is 61.7 Å². The molecule has 4 aromatic rings. The van der Waals surface area contributed by atoms with Crippen LogP contribution in [0.3, 0.4) is 0 Å². The Bertz CT molecular complexity index is 3100. The fourth-order valence-corrected chi connectivity index (χ4v) is 14.3. The van der Waals surface area contributed by atoms with Gasteiger partial charge < -0.3 is 41.7 Å². The first-order valence-corrected chi connectivity index (χ1v) is 31.5. The van der Waals surface area contributed by atoms with Crippen molar-refractivity contribution in [1.29, 1.82) is 0 Å². The van der Waals surface area contributed by atoms with Crippen molar-refractivity contribution >= 4 is 66.3 Å². The summed E-state index contributed by atoms with van der Waals surface area (Å²) in [5.74, 6) is -2.83. The topological polar surface area (TPSA) is 273 Å². The van der Waals surface area contributed by atoms with Crippen LogP contribution in [0, 0.1) is 10.8 Å². The number of aryl methyl sites for hydroxylation is 2. The second-order valence-electron chi connectivity index (χ2n) is 24.7. The van der Waals surface area contributed by atoms with Gasteiger partial charge in [-0.05, 0) is 147 Å². The monoisotopic (exact) mass is 1170 g/mol. The number of amides is 6. The van der Waals surface area contributed by atoms with E-state index in [1.807, 2.05) is 48.5 Å². The van der Waals surface area contributed by atoms with Gasteiger partial charge in [0.25, 0.3) is 0 Å². The summed E-state index contributed by atoms with van der Waals surface area (Å²) in [5, 5.41) is 18.6. The van der Waals surface area contributed by atoms with Crippen LogP contribution in [0.1, 0.15) is 128 Å². The van der Waals surface area contributed by atoms with E-state index in [0.29, 0.717) is 18.2 Å². The molecule has 0 bridgehead atoms. The summed E-state index contributed by atoms with van der Waals surface area (Å²) in [5.41, 5.74) is 2.58. The van der Waals surface area contributed by atoms with E-state index in [-0.39, 0.29) is 53.2 Å². The molecule has 0 saturated carbocycles. The highest BCUT2D eigenvalue weighted by atomic mass is 32.2. The predicted octanol–water partition coefficient (Wildman–Crippen LogP) is 4.00. The molecule has 444 valence electrons. The zero-order valence-corrected chi connectivity index (χ0v) is 50.4. The van der Waals surface area contributed by atoms with Gasteiger partial charge in [0, 0.05) is 25.2 Å². The molecule has 2 fully saturated rings. The van der Waals surface area contributed by atoms with Gasteiger partial charge in [-0.2, -0.15) is 0 Å². The third-order valence-corrected chi connectivity index (χ3v) is 19.7. The smallest absolute Gasteiger partial charge is 0.246 e. The lowest BCUT2D eigenvalue weighted by Gasteiger charge is -2.36. The maximum atomic E-state index is 14.8. The van der Waals surface area contributed by atoms with Crippen LogP contribution in [0.4, 0.5) is 0 Å². The SMILES string of the molecule is CN[C@@H](C)C(=O)N[C@H](C(=O)N1C[C@@H](NS(=O)(=O)c2ccc3ccc(S(=O)(=O)N[C@H]4C[C@@H](C(=O)N[C@@H]5CCCc6ccccc65)N(C(=O)[C@@H](NC(=O)[C@H](C)NC)C(C)(C)C)C4)cc3c2)C[C@H]1C(=O)NC1CCCc2ccccc21)C(C)(C)C. The number of likely N-dealkylation sites (N-methyl/N-ethyl adjacent to an activating group) is 2. The van der Waals surface area contributed by atoms with Gasteiger partial charge in [0.05, 0.1) is 34.0 Å². The Morgan fingerprint density at radius 2 is 0.915 bits per heavy atom. The van der Waals surface area contributed by atoms with Gasteiger partial charge in [-0.25, -0.2) is 26.3 Å². The molecular weight excluding hydrogens is 1080 g/mol. The fraction of sp³-hybridized carbons (Fsp3) is 0.533. The molecule has 22 heteroatoms. The number of rotatable bonds is 18. The molecule has 6 amide bonds. The molecule has 2 aliphatic carbocycles. The Morgan fingerprint density at radius 3 is 1.28 bits per heavy atom. The summed E-state index contributed by atoms with van der Waals surface area (Å²) in [4.78, 5) is 87.3. The third kappa shape index (κ3) is 13.9. The zero-order chi connectivity index (χ0) is 59.6. The number of fused-ring (bicyclic) bond motifs is 3. The average molecular weight is 1170 g/mol. The predicted molar refractivity (Wildman–Crippen MR) is 313 cm³/mol. The van der Waals surface area contributed by atoms with Gasteiger partial charge in [-0.15, -0.1) is 0 Å². The van der Waals surface area contributed by atoms with Gasteiger partial charge in [0.15, 0.2) is 0 Å². The number of nitrogens with one attached hydrogen (secondary N) is 8. The number of likely N-dealkylation sites (tertiary alicyclic amines) is 2. The first-order chi connectivity index (χ1) is 38.6. The minimum Gasteiger partial charge on any atom is -0.347 e. The van der Waals surface area contributed by atoms with Crippen LogP contribution in [0.25, 0.3) is 10.8 Å². The molecule has 0 radical (unpaired) electrons. The van der Waals surface area contributed by atoms with Crippen molar-refractivity contribution < 1.29 is 45.6 Å². The van der Waals surface area contributed by atoms with E-state index in [1.165, 1.54) is 34.1 Å². The molecule has 10 atom stereocenters. The lowest BCUT2D eigenvalue weighted by Crippen LogP contribution is -2.59. The first kappa shape index (κ1) is 61.8. The van der Waals surface area contributed by atoms with Crippen molar-refractivity contribution in [2.75, 3.05) is 27.2 Å². The molecule has 4 aromatic carbocycles. The average Bonchev–Trinajstić information content (AvgIpc) is 4.05. The van der Waals surface area contributed by atoms with E-state index < -0.39 is 115 Å². The second-order valence-corrected chi connectivity index (χ2v) is 28.2. The molecule has 8 rings (SSSR count). The fourth-order valence-electron chi connectivity index (χ4n) is 11.7. The summed E-state index contributed by atoms with van der Waals surface area (Å²) >= 11 is 0. The summed E-state index contributed by atoms with van der Waals surface area (Å²) in [6.07, 6.45) is 4.61. The molecule has 0 aromatic heterocycles. The number of sulfonamides is 2. The number of carbonyl (C=O) groups excluding carboxylic acids is 6. The van der Waals surface area contributed by atoms with E-state index in [1.54, 1.807) is 81.6 Å². The number of nitrogens with zero attached hydrogens (tertiary/aromatic N) is 2. The summed E-state index contributed by atoms with van der Waals surface area (Å²) in [6, 6.07) is 16.1. The lowest BCUT2D eigenvalue weighted by atomic mass is 9.85. The summed E-state index contributed by atoms with van der Waals surface area (Å²) in [7, 11) is -5.56. The van der Waals surface area contributed by atoms with Crippen LogP contribution in [-0.4, -0.2) is 138 Å². The van der Waals surface area contributed by atoms with Crippen molar-refractivity contribution in [1.82, 2.24) is 51.1 Å². The summed E-state index contributed by atoms with van der Waals surface area (Å²) in [6.45, 7) is 13.7. The molecule has 20 nitrogen and oxygen atoms in total. The molecule has 82 heavy (non-hydrogen) atoms. The van der Waals surface area contributed by atoms with E-state index in [4.69, 9.17) is 0 Å². The number of hydrogen-bond acceptors (Lipinski definition) is 12. The van der Waals surface area contributed by atoms with E-state index in [9.17, 15) is 45.6 Å². The van der Waals surface area contributed by atoms with Gasteiger partial charge in [0.2, 0.25) is 55.5 Å². The number of carbonyl (C=O) groups is 6. The van der Waals surface area contributed by atoms with Crippen LogP contribution >= 0.6 is 0 Å². The molecule has 2 heterocycles. The van der Waals surface area contributed by atoms with Crippen LogP contribution < -0.4 is 41.3 Å². The minimum atomic E-state index is -4.41. The Labute approximate surface area is 482 Å². The lowest BCUT2D eigenvalue weighted by molar-refractivity contribution is -0.144. The largest absolute Gasteiger partial charge is 0.347 e. The second kappa shape index (κ2) is 24.9. The summed E-state index contributed by atoms with van der Waals surface area (Å²) < 4.78 is 63.4. The molecule has 2 aliphatic heterocycles.